The van der Waals surface area contributed by atoms with Crippen LogP contribution in [-0.2, 0) is 6.54 Å². The SMILES string of the molecule is CCNC(=NCc1nc(C)c(C)o1)NCC(C)(C)Sc1ccc(Br)cc1. The number of aromatic nitrogens is 1. The highest BCUT2D eigenvalue weighted by atomic mass is 79.9. The molecule has 0 spiro atoms. The number of hydrogen-bond donors (Lipinski definition) is 2. The topological polar surface area (TPSA) is 62.5 Å². The summed E-state index contributed by atoms with van der Waals surface area (Å²) in [5.74, 6) is 2.26. The van der Waals surface area contributed by atoms with E-state index in [0.29, 0.717) is 12.4 Å². The fourth-order valence-corrected chi connectivity index (χ4v) is 3.57. The van der Waals surface area contributed by atoms with E-state index in [1.54, 1.807) is 0 Å². The molecule has 2 aromatic rings. The minimum Gasteiger partial charge on any atom is -0.444 e. The molecular weight excluding hydrogens is 412 g/mol. The fraction of sp³-hybridized carbons (Fsp3) is 0.474. The number of rotatable bonds is 7. The van der Waals surface area contributed by atoms with E-state index >= 15 is 0 Å². The first-order valence-electron chi connectivity index (χ1n) is 8.69. The molecule has 1 aromatic heterocycles. The molecule has 1 aromatic carbocycles. The van der Waals surface area contributed by atoms with Crippen LogP contribution in [0.25, 0.3) is 0 Å². The van der Waals surface area contributed by atoms with Crippen LogP contribution in [0.2, 0.25) is 0 Å². The van der Waals surface area contributed by atoms with Crippen LogP contribution >= 0.6 is 27.7 Å². The summed E-state index contributed by atoms with van der Waals surface area (Å²) in [5.41, 5.74) is 0.917. The van der Waals surface area contributed by atoms with Gasteiger partial charge in [0.15, 0.2) is 5.96 Å². The third-order valence-corrected chi connectivity index (χ3v) is 5.41. The number of nitrogens with zero attached hydrogens (tertiary/aromatic N) is 2. The molecule has 0 amide bonds. The van der Waals surface area contributed by atoms with Crippen molar-refractivity contribution in [2.45, 2.75) is 50.8 Å². The lowest BCUT2D eigenvalue weighted by atomic mass is 10.2. The van der Waals surface area contributed by atoms with Gasteiger partial charge in [-0.25, -0.2) is 9.98 Å². The average Bonchev–Trinajstić information content (AvgIpc) is 2.90. The van der Waals surface area contributed by atoms with E-state index in [2.05, 4.69) is 81.6 Å². The first-order valence-corrected chi connectivity index (χ1v) is 10.3. The second kappa shape index (κ2) is 9.46. The summed E-state index contributed by atoms with van der Waals surface area (Å²) in [5, 5.41) is 6.70. The highest BCUT2D eigenvalue weighted by Gasteiger charge is 2.20. The normalized spacial score (nSPS) is 12.3. The molecule has 0 aliphatic rings. The highest BCUT2D eigenvalue weighted by Crippen LogP contribution is 2.32. The van der Waals surface area contributed by atoms with Gasteiger partial charge in [0, 0.05) is 27.2 Å². The molecule has 0 unspecified atom stereocenters. The van der Waals surface area contributed by atoms with Crippen LogP contribution in [0.4, 0.5) is 0 Å². The number of aryl methyl sites for hydroxylation is 2. The molecule has 142 valence electrons. The Morgan fingerprint density at radius 3 is 2.50 bits per heavy atom. The van der Waals surface area contributed by atoms with E-state index in [4.69, 9.17) is 4.42 Å². The number of benzene rings is 1. The van der Waals surface area contributed by atoms with E-state index in [-0.39, 0.29) is 4.75 Å². The minimum absolute atomic E-state index is 0.0140. The number of guanidine groups is 1. The monoisotopic (exact) mass is 438 g/mol. The molecule has 7 heteroatoms. The lowest BCUT2D eigenvalue weighted by Crippen LogP contribution is -2.43. The summed E-state index contributed by atoms with van der Waals surface area (Å²) in [7, 11) is 0. The largest absolute Gasteiger partial charge is 0.444 e. The van der Waals surface area contributed by atoms with Crippen molar-refractivity contribution in [3.05, 3.63) is 46.1 Å². The Hall–Kier alpha value is -1.47. The molecule has 0 bridgehead atoms. The predicted octanol–water partition coefficient (Wildman–Crippen LogP) is 4.68. The van der Waals surface area contributed by atoms with Crippen LogP contribution in [0.1, 0.15) is 38.1 Å². The molecule has 0 saturated carbocycles. The Balaban J connectivity index is 1.95. The van der Waals surface area contributed by atoms with Gasteiger partial charge in [-0.2, -0.15) is 0 Å². The average molecular weight is 439 g/mol. The Morgan fingerprint density at radius 2 is 1.92 bits per heavy atom. The molecule has 0 radical (unpaired) electrons. The van der Waals surface area contributed by atoms with Crippen molar-refractivity contribution in [3.63, 3.8) is 0 Å². The summed E-state index contributed by atoms with van der Waals surface area (Å²) >= 11 is 5.31. The third-order valence-electron chi connectivity index (χ3n) is 3.68. The second-order valence-electron chi connectivity index (χ2n) is 6.61. The molecule has 0 aliphatic carbocycles. The van der Waals surface area contributed by atoms with E-state index in [9.17, 15) is 0 Å². The molecule has 2 rings (SSSR count). The van der Waals surface area contributed by atoms with Crippen LogP contribution in [0, 0.1) is 13.8 Å². The van der Waals surface area contributed by atoms with Gasteiger partial charge in [0.25, 0.3) is 0 Å². The Morgan fingerprint density at radius 1 is 1.23 bits per heavy atom. The zero-order chi connectivity index (χ0) is 19.2. The van der Waals surface area contributed by atoms with Crippen molar-refractivity contribution in [2.75, 3.05) is 13.1 Å². The van der Waals surface area contributed by atoms with Crippen molar-refractivity contribution in [3.8, 4) is 0 Å². The van der Waals surface area contributed by atoms with Gasteiger partial charge in [-0.3, -0.25) is 0 Å². The van der Waals surface area contributed by atoms with Crippen molar-refractivity contribution < 1.29 is 4.42 Å². The van der Waals surface area contributed by atoms with Gasteiger partial charge in [-0.05, 0) is 58.9 Å². The summed E-state index contributed by atoms with van der Waals surface area (Å²) in [6.45, 7) is 12.4. The highest BCUT2D eigenvalue weighted by molar-refractivity contribution is 9.10. The van der Waals surface area contributed by atoms with E-state index in [1.807, 2.05) is 25.6 Å². The molecule has 0 fully saturated rings. The molecule has 5 nitrogen and oxygen atoms in total. The fourth-order valence-electron chi connectivity index (χ4n) is 2.25. The first kappa shape index (κ1) is 20.8. The zero-order valence-corrected chi connectivity index (χ0v) is 18.4. The van der Waals surface area contributed by atoms with Crippen molar-refractivity contribution in [2.24, 2.45) is 4.99 Å². The summed E-state index contributed by atoms with van der Waals surface area (Å²) < 4.78 is 6.70. The maximum absolute atomic E-state index is 5.60. The number of aliphatic imine (C=N–C) groups is 1. The number of oxazole rings is 1. The van der Waals surface area contributed by atoms with Crippen molar-refractivity contribution >= 4 is 33.7 Å². The Bertz CT molecular complexity index is 721. The van der Waals surface area contributed by atoms with E-state index in [0.717, 1.165) is 35.0 Å². The zero-order valence-electron chi connectivity index (χ0n) is 16.0. The predicted molar refractivity (Wildman–Crippen MR) is 113 cm³/mol. The lowest BCUT2D eigenvalue weighted by Gasteiger charge is -2.25. The van der Waals surface area contributed by atoms with Crippen molar-refractivity contribution in [1.82, 2.24) is 15.6 Å². The van der Waals surface area contributed by atoms with Crippen LogP contribution in [0.3, 0.4) is 0 Å². The van der Waals surface area contributed by atoms with Crippen molar-refractivity contribution in [1.29, 1.82) is 0 Å². The summed E-state index contributed by atoms with van der Waals surface area (Å²) in [6.07, 6.45) is 0. The molecule has 0 atom stereocenters. The van der Waals surface area contributed by atoms with Crippen LogP contribution in [0.5, 0.6) is 0 Å². The number of thioether (sulfide) groups is 1. The maximum atomic E-state index is 5.60. The van der Waals surface area contributed by atoms with Crippen LogP contribution in [0.15, 0.2) is 43.0 Å². The van der Waals surface area contributed by atoms with Crippen LogP contribution in [-0.4, -0.2) is 28.8 Å². The van der Waals surface area contributed by atoms with Gasteiger partial charge in [0.1, 0.15) is 12.3 Å². The minimum atomic E-state index is 0.0140. The quantitative estimate of drug-likeness (QED) is 0.373. The number of hydrogen-bond acceptors (Lipinski definition) is 4. The molecule has 1 heterocycles. The summed E-state index contributed by atoms with van der Waals surface area (Å²) in [6, 6.07) is 8.39. The number of halogens is 1. The molecule has 0 saturated heterocycles. The van der Waals surface area contributed by atoms with Gasteiger partial charge >= 0.3 is 0 Å². The Labute approximate surface area is 168 Å². The van der Waals surface area contributed by atoms with Crippen LogP contribution < -0.4 is 10.6 Å². The van der Waals surface area contributed by atoms with Gasteiger partial charge in [-0.15, -0.1) is 11.8 Å². The molecule has 0 aliphatic heterocycles. The standard InChI is InChI=1S/C19H27BrN4OS/c1-6-21-18(22-11-17-24-13(2)14(3)25-17)23-12-19(4,5)26-16-9-7-15(20)8-10-16/h7-10H,6,11-12H2,1-5H3,(H2,21,22,23). The molecule has 26 heavy (non-hydrogen) atoms. The van der Waals surface area contributed by atoms with Gasteiger partial charge in [-0.1, -0.05) is 15.9 Å². The van der Waals surface area contributed by atoms with Gasteiger partial charge in [0.2, 0.25) is 5.89 Å². The second-order valence-corrected chi connectivity index (χ2v) is 9.31. The lowest BCUT2D eigenvalue weighted by molar-refractivity contribution is 0.472. The maximum Gasteiger partial charge on any atom is 0.216 e. The van der Waals surface area contributed by atoms with Gasteiger partial charge < -0.3 is 15.1 Å². The molecular formula is C19H27BrN4OS. The first-order chi connectivity index (χ1) is 12.3. The van der Waals surface area contributed by atoms with E-state index in [1.165, 1.54) is 4.90 Å². The van der Waals surface area contributed by atoms with Gasteiger partial charge in [0.05, 0.1) is 5.69 Å². The third kappa shape index (κ3) is 6.68. The summed E-state index contributed by atoms with van der Waals surface area (Å²) in [4.78, 5) is 10.2. The smallest absolute Gasteiger partial charge is 0.216 e. The molecule has 2 N–H and O–H groups in total. The Kier molecular flexibility index (Phi) is 7.58. The van der Waals surface area contributed by atoms with E-state index < -0.39 is 0 Å². The number of nitrogens with one attached hydrogen (secondary N) is 2.